The first-order valence-electron chi connectivity index (χ1n) is 12.5. The van der Waals surface area contributed by atoms with Crippen molar-refractivity contribution in [2.45, 2.75) is 51.2 Å². The van der Waals surface area contributed by atoms with Crippen LogP contribution in [-0.4, -0.2) is 41.5 Å². The van der Waals surface area contributed by atoms with E-state index in [1.807, 2.05) is 72.4 Å². The number of nitrogens with zero attached hydrogens (tertiary/aromatic N) is 4. The van der Waals surface area contributed by atoms with Crippen LogP contribution in [0.25, 0.3) is 33.1 Å². The van der Waals surface area contributed by atoms with Gasteiger partial charge in [0.15, 0.2) is 5.78 Å². The molecule has 7 heteroatoms. The van der Waals surface area contributed by atoms with E-state index in [1.165, 1.54) is 0 Å². The fourth-order valence-corrected chi connectivity index (χ4v) is 5.69. The molecule has 2 aromatic carbocycles. The average molecular weight is 480 g/mol. The summed E-state index contributed by atoms with van der Waals surface area (Å²) in [6, 6.07) is 17.7. The summed E-state index contributed by atoms with van der Waals surface area (Å²) in [7, 11) is 0. The molecule has 1 saturated carbocycles. The number of hydrogen-bond acceptors (Lipinski definition) is 5. The van der Waals surface area contributed by atoms with Crippen LogP contribution in [0.1, 0.15) is 48.2 Å². The van der Waals surface area contributed by atoms with Crippen molar-refractivity contribution in [2.75, 3.05) is 0 Å². The van der Waals surface area contributed by atoms with Gasteiger partial charge in [0.25, 0.3) is 0 Å². The molecule has 0 amide bonds. The maximum atomic E-state index is 13.3. The quantitative estimate of drug-likeness (QED) is 0.315. The molecule has 2 N–H and O–H groups in total. The topological polar surface area (TPSA) is 96.7 Å². The second kappa shape index (κ2) is 8.99. The van der Waals surface area contributed by atoms with Gasteiger partial charge in [0, 0.05) is 40.2 Å². The van der Waals surface area contributed by atoms with Gasteiger partial charge in [0.2, 0.25) is 0 Å². The number of benzene rings is 2. The van der Waals surface area contributed by atoms with Crippen LogP contribution in [0.15, 0.2) is 67.0 Å². The van der Waals surface area contributed by atoms with E-state index in [0.29, 0.717) is 24.9 Å². The summed E-state index contributed by atoms with van der Waals surface area (Å²) < 4.78 is 1.90. The number of ketones is 1. The molecule has 1 aliphatic rings. The lowest BCUT2D eigenvalue weighted by Crippen LogP contribution is -2.40. The van der Waals surface area contributed by atoms with Gasteiger partial charge in [-0.1, -0.05) is 24.6 Å². The largest absolute Gasteiger partial charge is 0.388 e. The number of aryl methyl sites for hydroxylation is 1. The molecule has 0 aliphatic heterocycles. The van der Waals surface area contributed by atoms with E-state index >= 15 is 0 Å². The highest BCUT2D eigenvalue weighted by Gasteiger charge is 2.36. The molecule has 0 unspecified atom stereocenters. The highest BCUT2D eigenvalue weighted by Crippen LogP contribution is 2.37. The SMILES string of the molecule is Cc1cc(-c2n[nH]c3ccc(C(=O)C[C@@H]4CCC[C@](O)(Cn5ncc6ccccc65)C4)cc23)ccn1. The van der Waals surface area contributed by atoms with Crippen molar-refractivity contribution in [1.29, 1.82) is 0 Å². The van der Waals surface area contributed by atoms with E-state index in [1.54, 1.807) is 6.20 Å². The van der Waals surface area contributed by atoms with Gasteiger partial charge in [-0.25, -0.2) is 0 Å². The first kappa shape index (κ1) is 22.6. The first-order chi connectivity index (χ1) is 17.5. The lowest BCUT2D eigenvalue weighted by atomic mass is 9.75. The minimum Gasteiger partial charge on any atom is -0.388 e. The number of carbonyl (C=O) groups is 1. The molecule has 0 spiro atoms. The van der Waals surface area contributed by atoms with E-state index < -0.39 is 5.60 Å². The number of rotatable bonds is 6. The van der Waals surface area contributed by atoms with Gasteiger partial charge >= 0.3 is 0 Å². The zero-order valence-corrected chi connectivity index (χ0v) is 20.3. The normalized spacial score (nSPS) is 20.2. The fourth-order valence-electron chi connectivity index (χ4n) is 5.69. The number of pyridine rings is 1. The summed E-state index contributed by atoms with van der Waals surface area (Å²) in [6.45, 7) is 2.40. The molecule has 0 radical (unpaired) electrons. The Morgan fingerprint density at radius 2 is 2.08 bits per heavy atom. The highest BCUT2D eigenvalue weighted by atomic mass is 16.3. The molecule has 36 heavy (non-hydrogen) atoms. The molecule has 1 aliphatic carbocycles. The fraction of sp³-hybridized carbons (Fsp3) is 0.310. The van der Waals surface area contributed by atoms with E-state index in [0.717, 1.165) is 58.0 Å². The number of para-hydroxylation sites is 1. The molecule has 6 rings (SSSR count). The number of aromatic nitrogens is 5. The van der Waals surface area contributed by atoms with Crippen LogP contribution < -0.4 is 0 Å². The smallest absolute Gasteiger partial charge is 0.163 e. The van der Waals surface area contributed by atoms with Crippen molar-refractivity contribution in [3.63, 3.8) is 0 Å². The van der Waals surface area contributed by atoms with E-state index in [9.17, 15) is 9.90 Å². The lowest BCUT2D eigenvalue weighted by molar-refractivity contribution is -0.0317. The lowest BCUT2D eigenvalue weighted by Gasteiger charge is -2.36. The van der Waals surface area contributed by atoms with Crippen molar-refractivity contribution in [3.8, 4) is 11.3 Å². The van der Waals surface area contributed by atoms with E-state index in [4.69, 9.17) is 0 Å². The molecule has 5 aromatic rings. The Labute approximate surface area is 209 Å². The van der Waals surface area contributed by atoms with Gasteiger partial charge in [-0.15, -0.1) is 0 Å². The Hall–Kier alpha value is -3.84. The highest BCUT2D eigenvalue weighted by molar-refractivity contribution is 6.02. The van der Waals surface area contributed by atoms with Crippen molar-refractivity contribution >= 4 is 27.6 Å². The van der Waals surface area contributed by atoms with Crippen LogP contribution in [0, 0.1) is 12.8 Å². The molecule has 3 heterocycles. The first-order valence-corrected chi connectivity index (χ1v) is 12.5. The summed E-state index contributed by atoms with van der Waals surface area (Å²) in [6.07, 6.45) is 7.22. The third-order valence-corrected chi connectivity index (χ3v) is 7.45. The van der Waals surface area contributed by atoms with Crippen molar-refractivity contribution in [2.24, 2.45) is 5.92 Å². The van der Waals surface area contributed by atoms with Crippen LogP contribution in [0.2, 0.25) is 0 Å². The maximum Gasteiger partial charge on any atom is 0.163 e. The maximum absolute atomic E-state index is 13.3. The van der Waals surface area contributed by atoms with Crippen molar-refractivity contribution in [3.05, 3.63) is 78.2 Å². The molecular formula is C29H29N5O2. The number of fused-ring (bicyclic) bond motifs is 2. The number of H-pyrrole nitrogens is 1. The monoisotopic (exact) mass is 479 g/mol. The van der Waals surface area contributed by atoms with Crippen LogP contribution in [-0.2, 0) is 6.54 Å². The summed E-state index contributed by atoms with van der Waals surface area (Å²) in [5.74, 6) is 0.245. The van der Waals surface area contributed by atoms with E-state index in [2.05, 4.69) is 20.3 Å². The van der Waals surface area contributed by atoms with Crippen LogP contribution in [0.3, 0.4) is 0 Å². The van der Waals surface area contributed by atoms with E-state index in [-0.39, 0.29) is 11.7 Å². The minimum atomic E-state index is -0.862. The molecule has 1 fully saturated rings. The predicted octanol–water partition coefficient (Wildman–Crippen LogP) is 5.48. The third kappa shape index (κ3) is 4.31. The second-order valence-corrected chi connectivity index (χ2v) is 10.2. The molecule has 2 atom stereocenters. The summed E-state index contributed by atoms with van der Waals surface area (Å²) in [5.41, 5.74) is 4.46. The molecule has 0 bridgehead atoms. The molecule has 182 valence electrons. The van der Waals surface area contributed by atoms with Crippen LogP contribution >= 0.6 is 0 Å². The number of aromatic amines is 1. The van der Waals surface area contributed by atoms with Crippen LogP contribution in [0.5, 0.6) is 0 Å². The van der Waals surface area contributed by atoms with Crippen molar-refractivity contribution < 1.29 is 9.90 Å². The number of nitrogens with one attached hydrogen (secondary N) is 1. The van der Waals surface area contributed by atoms with Gasteiger partial charge in [0.05, 0.1) is 29.4 Å². The zero-order chi connectivity index (χ0) is 24.7. The molecule has 7 nitrogen and oxygen atoms in total. The summed E-state index contributed by atoms with van der Waals surface area (Å²) in [4.78, 5) is 17.6. The number of carbonyl (C=O) groups excluding carboxylic acids is 1. The van der Waals surface area contributed by atoms with Crippen LogP contribution in [0.4, 0.5) is 0 Å². The Bertz CT molecular complexity index is 1570. The van der Waals surface area contributed by atoms with Gasteiger partial charge in [0.1, 0.15) is 5.69 Å². The number of aliphatic hydroxyl groups is 1. The zero-order valence-electron chi connectivity index (χ0n) is 20.3. The Morgan fingerprint density at radius 3 is 2.97 bits per heavy atom. The van der Waals surface area contributed by atoms with Gasteiger partial charge in [-0.05, 0) is 68.5 Å². The Balaban J connectivity index is 1.20. The Morgan fingerprint density at radius 1 is 1.19 bits per heavy atom. The molecule has 3 aromatic heterocycles. The standard InChI is InChI=1S/C29H29N5O2/c1-19-13-22(10-12-30-19)28-24-15-21(8-9-25(24)32-33-28)27(35)14-20-5-4-11-29(36,16-20)18-34-26-7-3-2-6-23(26)17-31-34/h2-3,6-10,12-13,15,17,20,36H,4-5,11,14,16,18H2,1H3,(H,32,33)/t20-,29+/m0/s1. The van der Waals surface area contributed by atoms with Gasteiger partial charge in [-0.2, -0.15) is 10.2 Å². The second-order valence-electron chi connectivity index (χ2n) is 10.2. The summed E-state index contributed by atoms with van der Waals surface area (Å²) >= 11 is 0. The minimum absolute atomic E-state index is 0.105. The Kier molecular flexibility index (Phi) is 5.64. The predicted molar refractivity (Wildman–Crippen MR) is 140 cm³/mol. The third-order valence-electron chi connectivity index (χ3n) is 7.45. The number of Topliss-reactive ketones (excluding diaryl/α,β-unsaturated/α-hetero) is 1. The van der Waals surface area contributed by atoms with Gasteiger partial charge in [-0.3, -0.25) is 19.6 Å². The molecular weight excluding hydrogens is 450 g/mol. The molecule has 0 saturated heterocycles. The average Bonchev–Trinajstić information content (AvgIpc) is 3.48. The number of hydrogen-bond donors (Lipinski definition) is 2. The summed E-state index contributed by atoms with van der Waals surface area (Å²) in [5, 5.41) is 25.5. The van der Waals surface area contributed by atoms with Gasteiger partial charge < -0.3 is 5.11 Å². The van der Waals surface area contributed by atoms with Crippen molar-refractivity contribution in [1.82, 2.24) is 25.0 Å².